The molecule has 0 aliphatic heterocycles. The van der Waals surface area contributed by atoms with E-state index in [-0.39, 0.29) is 24.3 Å². The number of ether oxygens (including phenoxy) is 1. The van der Waals surface area contributed by atoms with Gasteiger partial charge in [0.1, 0.15) is 17.4 Å². The smallest absolute Gasteiger partial charge is 0.407 e. The largest absolute Gasteiger partial charge is 0.480 e. The molecule has 0 spiro atoms. The van der Waals surface area contributed by atoms with Crippen molar-refractivity contribution < 1.29 is 28.2 Å². The summed E-state index contributed by atoms with van der Waals surface area (Å²) in [4.78, 5) is 33.9. The van der Waals surface area contributed by atoms with E-state index in [1.165, 1.54) is 18.2 Å². The topological polar surface area (TPSA) is 158 Å². The van der Waals surface area contributed by atoms with Crippen LogP contribution in [0.15, 0.2) is 27.4 Å². The molecule has 0 radical (unpaired) electrons. The Labute approximate surface area is 159 Å². The molecule has 2 aromatic rings. The number of alkyl carbamates (subject to hydrolysis) is 1. The second kappa shape index (κ2) is 9.70. The van der Waals surface area contributed by atoms with Gasteiger partial charge in [-0.05, 0) is 30.9 Å². The number of aliphatic carboxylic acids is 1. The lowest BCUT2D eigenvalue weighted by atomic mass is 10.1. The van der Waals surface area contributed by atoms with Crippen molar-refractivity contribution in [3.05, 3.63) is 40.0 Å². The molecule has 0 saturated heterocycles. The van der Waals surface area contributed by atoms with E-state index >= 15 is 0 Å². The highest BCUT2D eigenvalue weighted by Crippen LogP contribution is 2.23. The van der Waals surface area contributed by atoms with Crippen LogP contribution in [0.2, 0.25) is 0 Å². The molecule has 0 fully saturated rings. The summed E-state index contributed by atoms with van der Waals surface area (Å²) in [6.07, 6.45) is 0.962. The van der Waals surface area contributed by atoms with Gasteiger partial charge in [-0.1, -0.05) is 0 Å². The lowest BCUT2D eigenvalue weighted by molar-refractivity contribution is -0.138. The van der Waals surface area contributed by atoms with Crippen LogP contribution in [-0.2, 0) is 16.0 Å². The maximum Gasteiger partial charge on any atom is 0.407 e. The number of rotatable bonds is 9. The third-order valence-corrected chi connectivity index (χ3v) is 4.08. The van der Waals surface area contributed by atoms with E-state index in [1.807, 2.05) is 0 Å². The van der Waals surface area contributed by atoms with Crippen LogP contribution >= 0.6 is 0 Å². The molecule has 1 aromatic heterocycles. The number of anilines is 1. The predicted octanol–water partition coefficient (Wildman–Crippen LogP) is 1.37. The van der Waals surface area contributed by atoms with Crippen LogP contribution < -0.4 is 22.4 Å². The van der Waals surface area contributed by atoms with Crippen molar-refractivity contribution in [1.29, 1.82) is 0 Å². The highest BCUT2D eigenvalue weighted by molar-refractivity contribution is 5.83. The van der Waals surface area contributed by atoms with E-state index < -0.39 is 29.5 Å². The summed E-state index contributed by atoms with van der Waals surface area (Å²) < 4.78 is 23.7. The number of nitrogen functional groups attached to an aromatic ring is 1. The number of nitrogens with two attached hydrogens (primary N) is 2. The van der Waals surface area contributed by atoms with Gasteiger partial charge in [0, 0.05) is 30.5 Å². The minimum absolute atomic E-state index is 0.0275. The van der Waals surface area contributed by atoms with Crippen molar-refractivity contribution >= 4 is 28.7 Å². The van der Waals surface area contributed by atoms with E-state index in [9.17, 15) is 18.8 Å². The number of carbonyl (C=O) groups excluding carboxylic acids is 1. The third-order valence-electron chi connectivity index (χ3n) is 4.08. The van der Waals surface area contributed by atoms with Gasteiger partial charge in [0.15, 0.2) is 0 Å². The van der Waals surface area contributed by atoms with Gasteiger partial charge in [-0.15, -0.1) is 0 Å². The van der Waals surface area contributed by atoms with Crippen LogP contribution in [0.3, 0.4) is 0 Å². The van der Waals surface area contributed by atoms with Crippen molar-refractivity contribution in [2.45, 2.75) is 31.7 Å². The summed E-state index contributed by atoms with van der Waals surface area (Å²) in [7, 11) is 0. The van der Waals surface area contributed by atoms with Crippen LogP contribution in [0.5, 0.6) is 0 Å². The Kier molecular flexibility index (Phi) is 7.33. The Morgan fingerprint density at radius 3 is 2.75 bits per heavy atom. The van der Waals surface area contributed by atoms with Crippen LogP contribution in [0.1, 0.15) is 24.8 Å². The standard InChI is InChI=1S/C18H22FN3O6/c19-12-8-11-10(7-16(23)28-15(11)9-14(12)21)4-6-27-18(26)22-5-2-1-3-13(20)17(24)25/h7-9,13H,1-6,20-21H2,(H,22,26)(H,24,25)/t13-/m0/s1. The van der Waals surface area contributed by atoms with Gasteiger partial charge in [0.2, 0.25) is 0 Å². The molecular formula is C18H22FN3O6. The second-order valence-electron chi connectivity index (χ2n) is 6.21. The quantitative estimate of drug-likeness (QED) is 0.281. The van der Waals surface area contributed by atoms with Gasteiger partial charge in [-0.25, -0.2) is 14.0 Å². The number of amides is 1. The van der Waals surface area contributed by atoms with Gasteiger partial charge in [0.05, 0.1) is 12.3 Å². The highest BCUT2D eigenvalue weighted by Gasteiger charge is 2.12. The molecule has 0 saturated carbocycles. The minimum atomic E-state index is -1.06. The van der Waals surface area contributed by atoms with Gasteiger partial charge in [-0.3, -0.25) is 4.79 Å². The van der Waals surface area contributed by atoms with Crippen LogP contribution in [0.4, 0.5) is 14.9 Å². The van der Waals surface area contributed by atoms with E-state index in [2.05, 4.69) is 5.32 Å². The maximum absolute atomic E-state index is 13.7. The molecule has 1 amide bonds. The van der Waals surface area contributed by atoms with E-state index in [4.69, 9.17) is 25.7 Å². The van der Waals surface area contributed by atoms with Crippen molar-refractivity contribution in [2.24, 2.45) is 5.73 Å². The zero-order chi connectivity index (χ0) is 20.7. The minimum Gasteiger partial charge on any atom is -0.480 e. The van der Waals surface area contributed by atoms with Crippen molar-refractivity contribution in [3.63, 3.8) is 0 Å². The van der Waals surface area contributed by atoms with Crippen LogP contribution in [0, 0.1) is 5.82 Å². The summed E-state index contributed by atoms with van der Waals surface area (Å²) in [5, 5.41) is 11.6. The Bertz CT molecular complexity index is 914. The lowest BCUT2D eigenvalue weighted by Gasteiger charge is -2.09. The molecule has 0 bridgehead atoms. The number of halogens is 1. The Hall–Kier alpha value is -3.14. The first-order chi connectivity index (χ1) is 13.3. The normalized spacial score (nSPS) is 11.9. The van der Waals surface area contributed by atoms with E-state index in [1.54, 1.807) is 0 Å². The molecule has 1 atom stereocenters. The Balaban J connectivity index is 1.80. The SMILES string of the molecule is Nc1cc2oc(=O)cc(CCOC(=O)NCCCC[C@H](N)C(=O)O)c2cc1F. The molecule has 10 heteroatoms. The number of carboxylic acid groups (broad SMARTS) is 1. The number of nitrogens with one attached hydrogen (secondary N) is 1. The first kappa shape index (κ1) is 21.2. The molecule has 152 valence electrons. The number of carboxylic acids is 1. The number of hydrogen-bond donors (Lipinski definition) is 4. The fourth-order valence-corrected chi connectivity index (χ4v) is 2.58. The fourth-order valence-electron chi connectivity index (χ4n) is 2.58. The number of fused-ring (bicyclic) bond motifs is 1. The van der Waals surface area contributed by atoms with Gasteiger partial charge in [0.25, 0.3) is 0 Å². The Morgan fingerprint density at radius 1 is 1.29 bits per heavy atom. The van der Waals surface area contributed by atoms with Crippen molar-refractivity contribution in [3.8, 4) is 0 Å². The number of benzene rings is 1. The Morgan fingerprint density at radius 2 is 2.04 bits per heavy atom. The van der Waals surface area contributed by atoms with E-state index in [0.717, 1.165) is 0 Å². The molecule has 1 aromatic carbocycles. The average Bonchev–Trinajstić information content (AvgIpc) is 2.62. The molecule has 2 rings (SSSR count). The predicted molar refractivity (Wildman–Crippen MR) is 99.4 cm³/mol. The van der Waals surface area contributed by atoms with Gasteiger partial charge in [-0.2, -0.15) is 0 Å². The zero-order valence-electron chi connectivity index (χ0n) is 15.1. The molecule has 28 heavy (non-hydrogen) atoms. The maximum atomic E-state index is 13.7. The summed E-state index contributed by atoms with van der Waals surface area (Å²) >= 11 is 0. The fraction of sp³-hybridized carbons (Fsp3) is 0.389. The van der Waals surface area contributed by atoms with Crippen molar-refractivity contribution in [2.75, 3.05) is 18.9 Å². The van der Waals surface area contributed by atoms with Crippen LogP contribution in [-0.4, -0.2) is 36.4 Å². The average molecular weight is 395 g/mol. The number of unbranched alkanes of at least 4 members (excludes halogenated alkanes) is 1. The molecule has 6 N–H and O–H groups in total. The molecule has 9 nitrogen and oxygen atoms in total. The number of hydrogen-bond acceptors (Lipinski definition) is 7. The second-order valence-corrected chi connectivity index (χ2v) is 6.21. The van der Waals surface area contributed by atoms with Crippen LogP contribution in [0.25, 0.3) is 11.0 Å². The van der Waals surface area contributed by atoms with Gasteiger partial charge >= 0.3 is 17.7 Å². The molecular weight excluding hydrogens is 373 g/mol. The third kappa shape index (κ3) is 5.95. The van der Waals surface area contributed by atoms with E-state index in [0.29, 0.717) is 36.8 Å². The monoisotopic (exact) mass is 395 g/mol. The summed E-state index contributed by atoms with van der Waals surface area (Å²) in [5.74, 6) is -1.69. The summed E-state index contributed by atoms with van der Waals surface area (Å²) in [5.41, 5.74) is 10.7. The highest BCUT2D eigenvalue weighted by atomic mass is 19.1. The lowest BCUT2D eigenvalue weighted by Crippen LogP contribution is -2.30. The summed E-state index contributed by atoms with van der Waals surface area (Å²) in [6, 6.07) is 2.71. The van der Waals surface area contributed by atoms with Gasteiger partial charge < -0.3 is 31.0 Å². The first-order valence-electron chi connectivity index (χ1n) is 8.68. The molecule has 0 aliphatic rings. The van der Waals surface area contributed by atoms with Crippen molar-refractivity contribution in [1.82, 2.24) is 5.32 Å². The molecule has 1 heterocycles. The zero-order valence-corrected chi connectivity index (χ0v) is 15.1. The molecule has 0 unspecified atom stereocenters. The summed E-state index contributed by atoms with van der Waals surface area (Å²) in [6.45, 7) is 0.286. The molecule has 0 aliphatic carbocycles. The first-order valence-corrected chi connectivity index (χ1v) is 8.68. The number of carbonyl (C=O) groups is 2.